The fraction of sp³-hybridized carbons (Fsp3) is 1.00. The molecule has 2 rings (SSSR count). The van der Waals surface area contributed by atoms with Gasteiger partial charge in [0.05, 0.1) is 0 Å². The van der Waals surface area contributed by atoms with Crippen molar-refractivity contribution in [3.8, 4) is 0 Å². The summed E-state index contributed by atoms with van der Waals surface area (Å²) in [6, 6.07) is 0. The van der Waals surface area contributed by atoms with Gasteiger partial charge in [0.2, 0.25) is 0 Å². The zero-order valence-electron chi connectivity index (χ0n) is 9.35. The molecule has 0 aromatic rings. The second-order valence-electron chi connectivity index (χ2n) is 5.41. The number of halogens is 1. The van der Waals surface area contributed by atoms with E-state index >= 15 is 0 Å². The largest absolute Gasteiger partial charge is 0.308 e. The van der Waals surface area contributed by atoms with E-state index in [0.29, 0.717) is 5.41 Å². The summed E-state index contributed by atoms with van der Waals surface area (Å²) in [5.74, 6) is 2.98. The lowest BCUT2D eigenvalue weighted by Crippen LogP contribution is -2.23. The molecule has 1 nitrogen and oxygen atoms in total. The highest BCUT2D eigenvalue weighted by Crippen LogP contribution is 2.66. The van der Waals surface area contributed by atoms with E-state index in [-0.39, 0.29) is 0 Å². The lowest BCUT2D eigenvalue weighted by molar-refractivity contribution is 0.369. The molecule has 0 aliphatic heterocycles. The maximum Gasteiger partial charge on any atom is 0.0480 e. The number of fused-ring (bicyclic) bond motifs is 1. The van der Waals surface area contributed by atoms with Gasteiger partial charge in [-0.25, -0.2) is 0 Å². The highest BCUT2D eigenvalue weighted by molar-refractivity contribution is 14.1. The normalized spacial score (nSPS) is 46.9. The molecule has 2 fully saturated rings. The molecule has 0 aromatic heterocycles. The highest BCUT2D eigenvalue weighted by atomic mass is 127. The lowest BCUT2D eigenvalue weighted by atomic mass is 9.95. The molecule has 0 spiro atoms. The molecule has 82 valence electrons. The van der Waals surface area contributed by atoms with Crippen molar-refractivity contribution in [2.45, 2.75) is 39.5 Å². The van der Waals surface area contributed by atoms with Gasteiger partial charge in [-0.05, 0) is 42.6 Å². The first-order valence-corrected chi connectivity index (χ1v) is 7.49. The third-order valence-electron chi connectivity index (χ3n) is 4.78. The summed E-state index contributed by atoms with van der Waals surface area (Å²) in [5, 5.41) is 3.53. The van der Waals surface area contributed by atoms with Crippen LogP contribution in [0.2, 0.25) is 0 Å². The molecule has 0 amide bonds. The lowest BCUT2D eigenvalue weighted by Gasteiger charge is -2.16. The van der Waals surface area contributed by atoms with Gasteiger partial charge in [-0.3, -0.25) is 0 Å². The number of hydrogen-bond donors (Lipinski definition) is 1. The van der Waals surface area contributed by atoms with E-state index in [1.807, 2.05) is 0 Å². The fourth-order valence-electron chi connectivity index (χ4n) is 3.74. The zero-order valence-corrected chi connectivity index (χ0v) is 11.5. The van der Waals surface area contributed by atoms with Crippen molar-refractivity contribution in [3.05, 3.63) is 0 Å². The SMILES string of the molecule is CC1C2C(CNCI)CCCCC12C. The van der Waals surface area contributed by atoms with Crippen LogP contribution in [0, 0.1) is 23.2 Å². The summed E-state index contributed by atoms with van der Waals surface area (Å²) in [4.78, 5) is 0. The summed E-state index contributed by atoms with van der Waals surface area (Å²) in [5.41, 5.74) is 0.716. The number of nitrogens with one attached hydrogen (secondary N) is 1. The van der Waals surface area contributed by atoms with E-state index in [0.717, 1.165) is 22.3 Å². The monoisotopic (exact) mass is 307 g/mol. The van der Waals surface area contributed by atoms with Crippen LogP contribution < -0.4 is 5.32 Å². The number of rotatable bonds is 3. The van der Waals surface area contributed by atoms with Crippen LogP contribution in [0.5, 0.6) is 0 Å². The Bertz CT molecular complexity index is 206. The molecular weight excluding hydrogens is 285 g/mol. The first-order valence-electron chi connectivity index (χ1n) is 5.97. The highest BCUT2D eigenvalue weighted by Gasteiger charge is 2.60. The quantitative estimate of drug-likeness (QED) is 0.478. The van der Waals surface area contributed by atoms with E-state index in [2.05, 4.69) is 41.8 Å². The van der Waals surface area contributed by atoms with Gasteiger partial charge < -0.3 is 5.32 Å². The van der Waals surface area contributed by atoms with Crippen LogP contribution in [0.15, 0.2) is 0 Å². The molecule has 0 aromatic carbocycles. The summed E-state index contributed by atoms with van der Waals surface area (Å²) < 4.78 is 1.10. The van der Waals surface area contributed by atoms with Gasteiger partial charge in [0.1, 0.15) is 0 Å². The number of alkyl halides is 1. The first kappa shape index (κ1) is 11.2. The van der Waals surface area contributed by atoms with Crippen molar-refractivity contribution >= 4 is 22.6 Å². The van der Waals surface area contributed by atoms with Gasteiger partial charge >= 0.3 is 0 Å². The van der Waals surface area contributed by atoms with E-state index in [1.165, 1.54) is 32.2 Å². The van der Waals surface area contributed by atoms with Gasteiger partial charge in [-0.2, -0.15) is 0 Å². The Morgan fingerprint density at radius 1 is 1.43 bits per heavy atom. The van der Waals surface area contributed by atoms with Crippen LogP contribution in [0.25, 0.3) is 0 Å². The topological polar surface area (TPSA) is 12.0 Å². The Labute approximate surface area is 102 Å². The summed E-state index contributed by atoms with van der Waals surface area (Å²) in [6.07, 6.45) is 5.89. The molecule has 0 radical (unpaired) electrons. The van der Waals surface area contributed by atoms with Gasteiger partial charge in [0.25, 0.3) is 0 Å². The molecule has 1 N–H and O–H groups in total. The van der Waals surface area contributed by atoms with E-state index in [1.54, 1.807) is 0 Å². The van der Waals surface area contributed by atoms with Crippen molar-refractivity contribution < 1.29 is 0 Å². The van der Waals surface area contributed by atoms with Crippen molar-refractivity contribution in [3.63, 3.8) is 0 Å². The van der Waals surface area contributed by atoms with Crippen LogP contribution in [0.1, 0.15) is 39.5 Å². The molecule has 0 bridgehead atoms. The standard InChI is InChI=1S/C12H22IN/c1-9-11-10(7-14-8-13)5-3-4-6-12(9,11)2/h9-11,14H,3-8H2,1-2H3. The maximum atomic E-state index is 3.53. The third kappa shape index (κ3) is 1.84. The summed E-state index contributed by atoms with van der Waals surface area (Å²) >= 11 is 2.41. The summed E-state index contributed by atoms with van der Waals surface area (Å²) in [7, 11) is 0. The molecule has 0 saturated heterocycles. The zero-order chi connectivity index (χ0) is 10.2. The van der Waals surface area contributed by atoms with Gasteiger partial charge in [0, 0.05) is 4.55 Å². The fourth-order valence-corrected chi connectivity index (χ4v) is 4.05. The van der Waals surface area contributed by atoms with Crippen LogP contribution in [0.4, 0.5) is 0 Å². The van der Waals surface area contributed by atoms with Crippen LogP contribution in [-0.4, -0.2) is 11.1 Å². The molecule has 2 aliphatic rings. The van der Waals surface area contributed by atoms with Gasteiger partial charge in [-0.15, -0.1) is 0 Å². The van der Waals surface area contributed by atoms with Gasteiger partial charge in [0.15, 0.2) is 0 Å². The molecule has 2 aliphatic carbocycles. The van der Waals surface area contributed by atoms with Crippen molar-refractivity contribution in [2.24, 2.45) is 23.2 Å². The van der Waals surface area contributed by atoms with Crippen LogP contribution in [0.3, 0.4) is 0 Å². The minimum Gasteiger partial charge on any atom is -0.308 e. The van der Waals surface area contributed by atoms with E-state index < -0.39 is 0 Å². The Kier molecular flexibility index (Phi) is 3.42. The Morgan fingerprint density at radius 3 is 2.93 bits per heavy atom. The van der Waals surface area contributed by atoms with Crippen LogP contribution >= 0.6 is 22.6 Å². The van der Waals surface area contributed by atoms with E-state index in [4.69, 9.17) is 0 Å². The minimum absolute atomic E-state index is 0.716. The third-order valence-corrected chi connectivity index (χ3v) is 5.32. The Hall–Kier alpha value is 0.690. The van der Waals surface area contributed by atoms with Crippen LogP contribution in [-0.2, 0) is 0 Å². The Balaban J connectivity index is 1.96. The van der Waals surface area contributed by atoms with Crippen molar-refractivity contribution in [2.75, 3.05) is 11.1 Å². The molecular formula is C12H22IN. The average molecular weight is 307 g/mol. The smallest absolute Gasteiger partial charge is 0.0480 e. The van der Waals surface area contributed by atoms with Crippen molar-refractivity contribution in [1.82, 2.24) is 5.32 Å². The summed E-state index contributed by atoms with van der Waals surface area (Å²) in [6.45, 7) is 6.24. The molecule has 14 heavy (non-hydrogen) atoms. The first-order chi connectivity index (χ1) is 6.70. The molecule has 2 saturated carbocycles. The second-order valence-corrected chi connectivity index (χ2v) is 6.18. The molecule has 2 heteroatoms. The van der Waals surface area contributed by atoms with Gasteiger partial charge in [-0.1, -0.05) is 49.3 Å². The molecule has 0 heterocycles. The maximum absolute atomic E-state index is 3.53. The van der Waals surface area contributed by atoms with Crippen molar-refractivity contribution in [1.29, 1.82) is 0 Å². The predicted molar refractivity (Wildman–Crippen MR) is 69.6 cm³/mol. The Morgan fingerprint density at radius 2 is 2.21 bits per heavy atom. The molecule has 4 unspecified atom stereocenters. The average Bonchev–Trinajstić information content (AvgIpc) is 2.75. The minimum atomic E-state index is 0.716. The molecule has 4 atom stereocenters. The van der Waals surface area contributed by atoms with E-state index in [9.17, 15) is 0 Å². The number of hydrogen-bond acceptors (Lipinski definition) is 1. The predicted octanol–water partition coefficient (Wildman–Crippen LogP) is 3.43. The second kappa shape index (κ2) is 4.28.